The first kappa shape index (κ1) is 18.6. The number of nitrogens with zero attached hydrogens (tertiary/aromatic N) is 2. The molecule has 0 N–H and O–H groups in total. The van der Waals surface area contributed by atoms with Crippen LogP contribution in [0.2, 0.25) is 5.02 Å². The Morgan fingerprint density at radius 1 is 0.885 bits per heavy atom. The van der Waals surface area contributed by atoms with Gasteiger partial charge in [0, 0.05) is 12.7 Å². The average molecular weight is 387 g/mol. The highest BCUT2D eigenvalue weighted by molar-refractivity contribution is 7.89. The lowest BCUT2D eigenvalue weighted by Crippen LogP contribution is -2.33. The van der Waals surface area contributed by atoms with Gasteiger partial charge in [0.25, 0.3) is 0 Å². The summed E-state index contributed by atoms with van der Waals surface area (Å²) >= 11 is 6.15. The summed E-state index contributed by atoms with van der Waals surface area (Å²) < 4.78 is 27.8. The second-order valence-corrected chi connectivity index (χ2v) is 8.14. The maximum atomic E-state index is 13.2. The number of hydrogen-bond acceptors (Lipinski definition) is 3. The minimum Gasteiger partial charge on any atom is -0.260 e. The predicted octanol–water partition coefficient (Wildman–Crippen LogP) is 4.17. The molecule has 0 spiro atoms. The highest BCUT2D eigenvalue weighted by atomic mass is 35.5. The van der Waals surface area contributed by atoms with E-state index in [0.29, 0.717) is 18.7 Å². The molecule has 4 nitrogen and oxygen atoms in total. The van der Waals surface area contributed by atoms with Gasteiger partial charge in [-0.15, -0.1) is 0 Å². The van der Waals surface area contributed by atoms with Crippen molar-refractivity contribution in [1.82, 2.24) is 9.29 Å². The topological polar surface area (TPSA) is 50.3 Å². The van der Waals surface area contributed by atoms with Gasteiger partial charge in [0.15, 0.2) is 0 Å². The van der Waals surface area contributed by atoms with Gasteiger partial charge in [0.2, 0.25) is 10.0 Å². The predicted molar refractivity (Wildman–Crippen MR) is 103 cm³/mol. The van der Waals surface area contributed by atoms with Crippen molar-refractivity contribution in [3.8, 4) is 0 Å². The van der Waals surface area contributed by atoms with Crippen LogP contribution in [0.4, 0.5) is 0 Å². The molecule has 6 heteroatoms. The van der Waals surface area contributed by atoms with Gasteiger partial charge in [-0.05, 0) is 36.2 Å². The molecule has 3 aromatic rings. The third-order valence-corrected chi connectivity index (χ3v) is 6.36. The van der Waals surface area contributed by atoms with E-state index in [-0.39, 0.29) is 16.5 Å². The van der Waals surface area contributed by atoms with E-state index >= 15 is 0 Å². The van der Waals surface area contributed by atoms with Crippen LogP contribution >= 0.6 is 11.6 Å². The molecule has 0 fully saturated rings. The van der Waals surface area contributed by atoms with Crippen LogP contribution in [-0.2, 0) is 23.0 Å². The van der Waals surface area contributed by atoms with Crippen LogP contribution in [0.3, 0.4) is 0 Å². The summed E-state index contributed by atoms with van der Waals surface area (Å²) in [4.78, 5) is 4.38. The van der Waals surface area contributed by atoms with Gasteiger partial charge >= 0.3 is 0 Å². The molecule has 0 aliphatic rings. The summed E-state index contributed by atoms with van der Waals surface area (Å²) in [6.07, 6.45) is 2.27. The summed E-state index contributed by atoms with van der Waals surface area (Å²) in [5.74, 6) is 0. The first-order valence-corrected chi connectivity index (χ1v) is 10.1. The summed E-state index contributed by atoms with van der Waals surface area (Å²) in [7, 11) is -3.74. The van der Waals surface area contributed by atoms with Gasteiger partial charge in [0.05, 0.1) is 17.3 Å². The van der Waals surface area contributed by atoms with Crippen molar-refractivity contribution < 1.29 is 8.42 Å². The molecule has 1 aromatic heterocycles. The SMILES string of the molecule is O=S(=O)(c1ccccc1Cl)N(CCc1ccccc1)Cc1ccccn1. The Morgan fingerprint density at radius 3 is 2.27 bits per heavy atom. The average Bonchev–Trinajstić information content (AvgIpc) is 2.67. The van der Waals surface area contributed by atoms with Gasteiger partial charge < -0.3 is 0 Å². The second kappa shape index (κ2) is 8.45. The first-order chi connectivity index (χ1) is 12.6. The third-order valence-electron chi connectivity index (χ3n) is 4.01. The van der Waals surface area contributed by atoms with Crippen molar-refractivity contribution in [2.45, 2.75) is 17.9 Å². The molecule has 0 atom stereocenters. The van der Waals surface area contributed by atoms with E-state index in [2.05, 4.69) is 4.98 Å². The van der Waals surface area contributed by atoms with E-state index in [9.17, 15) is 8.42 Å². The molecule has 0 bridgehead atoms. The number of aromatic nitrogens is 1. The zero-order chi connectivity index (χ0) is 18.4. The van der Waals surface area contributed by atoms with Gasteiger partial charge in [-0.2, -0.15) is 4.31 Å². The van der Waals surface area contributed by atoms with Gasteiger partial charge in [-0.3, -0.25) is 4.98 Å². The minimum atomic E-state index is -3.74. The van der Waals surface area contributed by atoms with E-state index in [0.717, 1.165) is 5.56 Å². The Labute approximate surface area is 159 Å². The highest BCUT2D eigenvalue weighted by Crippen LogP contribution is 2.25. The number of halogens is 1. The maximum Gasteiger partial charge on any atom is 0.244 e. The molecule has 0 radical (unpaired) electrons. The Hall–Kier alpha value is -2.21. The number of pyridine rings is 1. The van der Waals surface area contributed by atoms with Crippen LogP contribution in [0, 0.1) is 0 Å². The lowest BCUT2D eigenvalue weighted by molar-refractivity contribution is 0.405. The molecule has 0 unspecified atom stereocenters. The molecule has 0 saturated heterocycles. The molecule has 0 aliphatic heterocycles. The van der Waals surface area contributed by atoms with E-state index in [1.165, 1.54) is 10.4 Å². The lowest BCUT2D eigenvalue weighted by atomic mass is 10.1. The first-order valence-electron chi connectivity index (χ1n) is 8.26. The molecule has 0 saturated carbocycles. The summed E-state index contributed by atoms with van der Waals surface area (Å²) in [6, 6.07) is 21.8. The Balaban J connectivity index is 1.90. The van der Waals surface area contributed by atoms with Crippen LogP contribution in [0.25, 0.3) is 0 Å². The molecule has 0 aliphatic carbocycles. The van der Waals surface area contributed by atoms with Crippen LogP contribution in [0.15, 0.2) is 83.9 Å². The van der Waals surface area contributed by atoms with E-state index < -0.39 is 10.0 Å². The fourth-order valence-corrected chi connectivity index (χ4v) is 4.55. The molecule has 26 heavy (non-hydrogen) atoms. The Kier molecular flexibility index (Phi) is 6.04. The van der Waals surface area contributed by atoms with Crippen LogP contribution < -0.4 is 0 Å². The van der Waals surface area contributed by atoms with Crippen molar-refractivity contribution in [1.29, 1.82) is 0 Å². The van der Waals surface area contributed by atoms with Crippen molar-refractivity contribution in [2.75, 3.05) is 6.54 Å². The van der Waals surface area contributed by atoms with Crippen LogP contribution in [0.1, 0.15) is 11.3 Å². The second-order valence-electron chi connectivity index (χ2n) is 5.83. The molecular formula is C20H19ClN2O2S. The zero-order valence-corrected chi connectivity index (χ0v) is 15.7. The van der Waals surface area contributed by atoms with Crippen LogP contribution in [-0.4, -0.2) is 24.3 Å². The fourth-order valence-electron chi connectivity index (χ4n) is 2.65. The third kappa shape index (κ3) is 4.49. The molecule has 1 heterocycles. The highest BCUT2D eigenvalue weighted by Gasteiger charge is 2.26. The van der Waals surface area contributed by atoms with Gasteiger partial charge in [-0.25, -0.2) is 8.42 Å². The minimum absolute atomic E-state index is 0.116. The zero-order valence-electron chi connectivity index (χ0n) is 14.1. The normalized spacial score (nSPS) is 11.6. The monoisotopic (exact) mass is 386 g/mol. The van der Waals surface area contributed by atoms with Gasteiger partial charge in [-0.1, -0.05) is 60.1 Å². The number of sulfonamides is 1. The summed E-state index contributed by atoms with van der Waals surface area (Å²) in [5, 5.41) is 0.221. The lowest BCUT2D eigenvalue weighted by Gasteiger charge is -2.22. The largest absolute Gasteiger partial charge is 0.260 e. The van der Waals surface area contributed by atoms with E-state index in [1.54, 1.807) is 30.5 Å². The van der Waals surface area contributed by atoms with Crippen molar-refractivity contribution in [3.63, 3.8) is 0 Å². The van der Waals surface area contributed by atoms with E-state index in [4.69, 9.17) is 11.6 Å². The quantitative estimate of drug-likeness (QED) is 0.612. The molecule has 0 amide bonds. The number of benzene rings is 2. The fraction of sp³-hybridized carbons (Fsp3) is 0.150. The van der Waals surface area contributed by atoms with Crippen molar-refractivity contribution in [2.24, 2.45) is 0 Å². The van der Waals surface area contributed by atoms with Crippen LogP contribution in [0.5, 0.6) is 0 Å². The smallest absolute Gasteiger partial charge is 0.244 e. The van der Waals surface area contributed by atoms with E-state index in [1.807, 2.05) is 42.5 Å². The van der Waals surface area contributed by atoms with Gasteiger partial charge in [0.1, 0.15) is 4.90 Å². The standard InChI is InChI=1S/C20H19ClN2O2S/c21-19-11-4-5-12-20(19)26(24,25)23(16-18-10-6-7-14-22-18)15-13-17-8-2-1-3-9-17/h1-12,14H,13,15-16H2. The number of rotatable bonds is 7. The molecule has 3 rings (SSSR count). The number of hydrogen-bond donors (Lipinski definition) is 0. The van der Waals surface area contributed by atoms with Crippen molar-refractivity contribution >= 4 is 21.6 Å². The Morgan fingerprint density at radius 2 is 1.58 bits per heavy atom. The Bertz CT molecular complexity index is 948. The maximum absolute atomic E-state index is 13.2. The van der Waals surface area contributed by atoms with Crippen molar-refractivity contribution in [3.05, 3.63) is 95.3 Å². The summed E-state index contributed by atoms with van der Waals surface area (Å²) in [6.45, 7) is 0.537. The molecular weight excluding hydrogens is 368 g/mol. The molecule has 2 aromatic carbocycles. The summed E-state index contributed by atoms with van der Waals surface area (Å²) in [5.41, 5.74) is 1.77. The molecule has 134 valence electrons.